The highest BCUT2D eigenvalue weighted by Crippen LogP contribution is 2.32. The number of carbonyl (C=O) groups is 2. The van der Waals surface area contributed by atoms with E-state index in [9.17, 15) is 9.59 Å². The quantitative estimate of drug-likeness (QED) is 0.701. The van der Waals surface area contributed by atoms with E-state index in [-0.39, 0.29) is 11.8 Å². The van der Waals surface area contributed by atoms with Crippen molar-refractivity contribution in [3.63, 3.8) is 0 Å². The second-order valence-electron chi connectivity index (χ2n) is 5.87. The van der Waals surface area contributed by atoms with E-state index in [1.807, 2.05) is 32.0 Å². The van der Waals surface area contributed by atoms with Crippen LogP contribution in [-0.2, 0) is 4.79 Å². The van der Waals surface area contributed by atoms with Gasteiger partial charge >= 0.3 is 0 Å². The van der Waals surface area contributed by atoms with Gasteiger partial charge in [-0.15, -0.1) is 11.3 Å². The van der Waals surface area contributed by atoms with E-state index in [0.29, 0.717) is 16.4 Å². The Morgan fingerprint density at radius 2 is 2.08 bits per heavy atom. The molecule has 3 aromatic rings. The highest BCUT2D eigenvalue weighted by Gasteiger charge is 2.21. The van der Waals surface area contributed by atoms with Crippen molar-refractivity contribution in [3.8, 4) is 5.69 Å². The van der Waals surface area contributed by atoms with Crippen molar-refractivity contribution in [2.24, 2.45) is 0 Å². The number of hydrogen-bond acceptors (Lipinski definition) is 4. The molecule has 0 saturated heterocycles. The third-order valence-electron chi connectivity index (χ3n) is 3.94. The Morgan fingerprint density at radius 3 is 2.77 bits per heavy atom. The van der Waals surface area contributed by atoms with E-state index in [1.165, 1.54) is 11.3 Å². The van der Waals surface area contributed by atoms with Crippen LogP contribution in [0.3, 0.4) is 0 Å². The van der Waals surface area contributed by atoms with E-state index in [4.69, 9.17) is 11.6 Å². The van der Waals surface area contributed by atoms with Crippen LogP contribution < -0.4 is 10.6 Å². The number of rotatable bonds is 5. The number of fused-ring (bicyclic) bond motifs is 1. The first-order chi connectivity index (χ1) is 12.4. The zero-order chi connectivity index (χ0) is 18.8. The molecule has 0 spiro atoms. The maximum Gasteiger partial charge on any atom is 0.262 e. The van der Waals surface area contributed by atoms with Gasteiger partial charge in [-0.1, -0.05) is 23.7 Å². The number of amides is 2. The smallest absolute Gasteiger partial charge is 0.262 e. The first kappa shape index (κ1) is 18.4. The molecule has 0 aliphatic carbocycles. The summed E-state index contributed by atoms with van der Waals surface area (Å²) in [5.74, 6) is -0.490. The molecule has 136 valence electrons. The summed E-state index contributed by atoms with van der Waals surface area (Å²) in [6, 6.07) is 8.62. The van der Waals surface area contributed by atoms with Gasteiger partial charge in [0.15, 0.2) is 0 Å². The van der Waals surface area contributed by atoms with E-state index in [2.05, 4.69) is 15.7 Å². The number of carbonyl (C=O) groups excluding carboxylic acids is 2. The Morgan fingerprint density at radius 1 is 1.35 bits per heavy atom. The van der Waals surface area contributed by atoms with Gasteiger partial charge in [-0.05, 0) is 39.0 Å². The molecule has 0 fully saturated rings. The fourth-order valence-electron chi connectivity index (χ4n) is 2.61. The van der Waals surface area contributed by atoms with Crippen LogP contribution in [0.4, 0.5) is 0 Å². The zero-order valence-electron chi connectivity index (χ0n) is 14.7. The van der Waals surface area contributed by atoms with Crippen molar-refractivity contribution >= 4 is 45.0 Å². The number of aryl methyl sites for hydroxylation is 1. The van der Waals surface area contributed by atoms with Crippen LogP contribution >= 0.6 is 22.9 Å². The van der Waals surface area contributed by atoms with Crippen LogP contribution in [-0.4, -0.2) is 34.2 Å². The minimum absolute atomic E-state index is 0.208. The summed E-state index contributed by atoms with van der Waals surface area (Å²) in [6.45, 7) is 5.91. The second kappa shape index (κ2) is 7.47. The summed E-state index contributed by atoms with van der Waals surface area (Å²) >= 11 is 7.61. The SMILES string of the molecule is CCNC(=O)[C@H](C)NC(=O)c1cc2c(C)nn(-c3ccccc3Cl)c2s1. The molecular formula is C18H19ClN4O2S. The zero-order valence-corrected chi connectivity index (χ0v) is 16.2. The summed E-state index contributed by atoms with van der Waals surface area (Å²) in [4.78, 5) is 25.7. The summed E-state index contributed by atoms with van der Waals surface area (Å²) in [5, 5.41) is 11.4. The Balaban J connectivity index is 1.93. The molecule has 0 aliphatic heterocycles. The molecule has 1 aromatic carbocycles. The molecule has 2 aromatic heterocycles. The Hall–Kier alpha value is -2.38. The molecule has 2 heterocycles. The summed E-state index contributed by atoms with van der Waals surface area (Å²) < 4.78 is 1.75. The number of nitrogens with one attached hydrogen (secondary N) is 2. The molecule has 0 bridgehead atoms. The lowest BCUT2D eigenvalue weighted by molar-refractivity contribution is -0.122. The van der Waals surface area contributed by atoms with Crippen LogP contribution in [0, 0.1) is 6.92 Å². The molecule has 0 saturated carbocycles. The molecule has 2 amide bonds. The van der Waals surface area contributed by atoms with Crippen molar-refractivity contribution in [3.05, 3.63) is 45.9 Å². The summed E-state index contributed by atoms with van der Waals surface area (Å²) in [5.41, 5.74) is 1.57. The monoisotopic (exact) mass is 390 g/mol. The van der Waals surface area contributed by atoms with Crippen LogP contribution in [0.25, 0.3) is 15.9 Å². The fraction of sp³-hybridized carbons (Fsp3) is 0.278. The highest BCUT2D eigenvalue weighted by atomic mass is 35.5. The number of thiophene rings is 1. The predicted octanol–water partition coefficient (Wildman–Crippen LogP) is 3.30. The summed E-state index contributed by atoms with van der Waals surface area (Å²) in [7, 11) is 0. The van der Waals surface area contributed by atoms with Gasteiger partial charge < -0.3 is 10.6 Å². The van der Waals surface area contributed by atoms with Gasteiger partial charge in [-0.3, -0.25) is 9.59 Å². The Bertz CT molecular complexity index is 979. The number of likely N-dealkylation sites (N-methyl/N-ethyl adjacent to an activating group) is 1. The molecule has 2 N–H and O–H groups in total. The maximum absolute atomic E-state index is 12.5. The normalized spacial score (nSPS) is 12.2. The number of para-hydroxylation sites is 1. The minimum atomic E-state index is -0.603. The average molecular weight is 391 g/mol. The average Bonchev–Trinajstić information content (AvgIpc) is 3.16. The van der Waals surface area contributed by atoms with E-state index >= 15 is 0 Å². The van der Waals surface area contributed by atoms with Crippen molar-refractivity contribution in [1.82, 2.24) is 20.4 Å². The van der Waals surface area contributed by atoms with Gasteiger partial charge in [0, 0.05) is 11.9 Å². The lowest BCUT2D eigenvalue weighted by Gasteiger charge is -2.12. The maximum atomic E-state index is 12.5. The number of aromatic nitrogens is 2. The molecule has 0 unspecified atom stereocenters. The first-order valence-electron chi connectivity index (χ1n) is 8.25. The second-order valence-corrected chi connectivity index (χ2v) is 7.31. The predicted molar refractivity (Wildman–Crippen MR) is 104 cm³/mol. The van der Waals surface area contributed by atoms with Gasteiger partial charge in [0.2, 0.25) is 5.91 Å². The van der Waals surface area contributed by atoms with Crippen molar-refractivity contribution < 1.29 is 9.59 Å². The number of benzene rings is 1. The van der Waals surface area contributed by atoms with Crippen molar-refractivity contribution in [2.75, 3.05) is 6.54 Å². The molecular weight excluding hydrogens is 372 g/mol. The number of halogens is 1. The first-order valence-corrected chi connectivity index (χ1v) is 9.44. The van der Waals surface area contributed by atoms with E-state index in [1.54, 1.807) is 23.7 Å². The molecule has 1 atom stereocenters. The molecule has 8 heteroatoms. The third-order valence-corrected chi connectivity index (χ3v) is 5.37. The van der Waals surface area contributed by atoms with Gasteiger partial charge in [0.05, 0.1) is 21.3 Å². The standard InChI is InChI=1S/C18H19ClN4O2S/c1-4-20-16(24)11(3)21-17(25)15-9-12-10(2)22-23(18(12)26-15)14-8-6-5-7-13(14)19/h5-9,11H,4H2,1-3H3,(H,20,24)(H,21,25)/t11-/m0/s1. The van der Waals surface area contributed by atoms with E-state index < -0.39 is 6.04 Å². The largest absolute Gasteiger partial charge is 0.355 e. The van der Waals surface area contributed by atoms with Gasteiger partial charge in [0.25, 0.3) is 5.91 Å². The molecule has 3 rings (SSSR count). The van der Waals surface area contributed by atoms with Gasteiger partial charge in [0.1, 0.15) is 10.9 Å². The topological polar surface area (TPSA) is 76.0 Å². The van der Waals surface area contributed by atoms with Crippen molar-refractivity contribution in [1.29, 1.82) is 0 Å². The Labute approximate surface area is 160 Å². The van der Waals surface area contributed by atoms with Crippen LogP contribution in [0.15, 0.2) is 30.3 Å². The minimum Gasteiger partial charge on any atom is -0.355 e. The van der Waals surface area contributed by atoms with Crippen LogP contribution in [0.2, 0.25) is 5.02 Å². The number of nitrogens with zero attached hydrogens (tertiary/aromatic N) is 2. The molecule has 0 radical (unpaired) electrons. The lowest BCUT2D eigenvalue weighted by Crippen LogP contribution is -2.44. The summed E-state index contributed by atoms with van der Waals surface area (Å²) in [6.07, 6.45) is 0. The van der Waals surface area contributed by atoms with Gasteiger partial charge in [-0.25, -0.2) is 4.68 Å². The molecule has 0 aliphatic rings. The molecule has 26 heavy (non-hydrogen) atoms. The van der Waals surface area contributed by atoms with E-state index in [0.717, 1.165) is 21.6 Å². The number of hydrogen-bond donors (Lipinski definition) is 2. The fourth-order valence-corrected chi connectivity index (χ4v) is 3.90. The van der Waals surface area contributed by atoms with Crippen LogP contribution in [0.5, 0.6) is 0 Å². The third kappa shape index (κ3) is 3.45. The van der Waals surface area contributed by atoms with Crippen molar-refractivity contribution in [2.45, 2.75) is 26.8 Å². The highest BCUT2D eigenvalue weighted by molar-refractivity contribution is 7.20. The molecule has 6 nitrogen and oxygen atoms in total. The van der Waals surface area contributed by atoms with Gasteiger partial charge in [-0.2, -0.15) is 5.10 Å². The van der Waals surface area contributed by atoms with Crippen LogP contribution in [0.1, 0.15) is 29.2 Å². The Kier molecular flexibility index (Phi) is 5.29. The lowest BCUT2D eigenvalue weighted by atomic mass is 10.2.